The second-order valence-electron chi connectivity index (χ2n) is 7.96. The van der Waals surface area contributed by atoms with Crippen LogP contribution in [0.1, 0.15) is 62.8 Å². The van der Waals surface area contributed by atoms with E-state index in [-0.39, 0.29) is 11.9 Å². The molecule has 27 heavy (non-hydrogen) atoms. The number of hydrogen-bond acceptors (Lipinski definition) is 2. The molecule has 1 amide bonds. The van der Waals surface area contributed by atoms with Gasteiger partial charge < -0.3 is 10.1 Å². The van der Waals surface area contributed by atoms with Gasteiger partial charge in [-0.1, -0.05) is 56.3 Å². The van der Waals surface area contributed by atoms with Gasteiger partial charge in [0.05, 0.1) is 6.04 Å². The van der Waals surface area contributed by atoms with Crippen LogP contribution in [0.2, 0.25) is 0 Å². The summed E-state index contributed by atoms with van der Waals surface area (Å²) >= 11 is 0. The van der Waals surface area contributed by atoms with E-state index in [1.807, 2.05) is 37.3 Å². The lowest BCUT2D eigenvalue weighted by Gasteiger charge is -2.25. The number of amides is 1. The minimum absolute atomic E-state index is 0.00874. The van der Waals surface area contributed by atoms with Gasteiger partial charge in [0.25, 0.3) is 5.91 Å². The average molecular weight is 366 g/mol. The van der Waals surface area contributed by atoms with Crippen LogP contribution in [0.3, 0.4) is 0 Å². The maximum absolute atomic E-state index is 12.8. The molecule has 0 saturated heterocycles. The van der Waals surface area contributed by atoms with E-state index < -0.39 is 6.10 Å². The number of hydrogen-bond donors (Lipinski definition) is 1. The summed E-state index contributed by atoms with van der Waals surface area (Å²) < 4.78 is 6.10. The van der Waals surface area contributed by atoms with Crippen molar-refractivity contribution in [3.8, 4) is 5.75 Å². The number of fused-ring (bicyclic) bond motifs is 1. The van der Waals surface area contributed by atoms with Gasteiger partial charge in [-0.25, -0.2) is 0 Å². The molecule has 1 aliphatic rings. The van der Waals surface area contributed by atoms with Gasteiger partial charge in [-0.2, -0.15) is 0 Å². The Balaban J connectivity index is 1.69. The van der Waals surface area contributed by atoms with Gasteiger partial charge in [-0.15, -0.1) is 0 Å². The number of aryl methyl sites for hydroxylation is 1. The summed E-state index contributed by atoms with van der Waals surface area (Å²) in [6.07, 6.45) is 4.97. The molecule has 0 aromatic heterocycles. The maximum Gasteiger partial charge on any atom is 0.261 e. The van der Waals surface area contributed by atoms with E-state index in [0.717, 1.165) is 30.6 Å². The zero-order valence-electron chi connectivity index (χ0n) is 16.7. The van der Waals surface area contributed by atoms with Crippen LogP contribution in [0.15, 0.2) is 48.5 Å². The van der Waals surface area contributed by atoms with E-state index in [1.54, 1.807) is 0 Å². The lowest BCUT2D eigenvalue weighted by molar-refractivity contribution is -0.128. The Labute approximate surface area is 163 Å². The molecule has 2 aromatic rings. The van der Waals surface area contributed by atoms with Crippen molar-refractivity contribution in [1.29, 1.82) is 0 Å². The molecule has 3 heteroatoms. The molecule has 2 aromatic carbocycles. The molecule has 1 N–H and O–H groups in total. The van der Waals surface area contributed by atoms with Gasteiger partial charge in [0, 0.05) is 0 Å². The molecule has 0 heterocycles. The molecule has 3 nitrogen and oxygen atoms in total. The Bertz CT molecular complexity index is 754. The first kappa shape index (κ1) is 19.5. The summed E-state index contributed by atoms with van der Waals surface area (Å²) in [5.74, 6) is 1.31. The van der Waals surface area contributed by atoms with Crippen molar-refractivity contribution < 1.29 is 9.53 Å². The van der Waals surface area contributed by atoms with E-state index in [4.69, 9.17) is 4.74 Å². The molecular weight excluding hydrogens is 334 g/mol. The van der Waals surface area contributed by atoms with Gasteiger partial charge in [0.15, 0.2) is 6.10 Å². The quantitative estimate of drug-likeness (QED) is 0.729. The Kier molecular flexibility index (Phi) is 6.54. The molecule has 0 bridgehead atoms. The summed E-state index contributed by atoms with van der Waals surface area (Å²) in [5, 5.41) is 3.20. The smallest absolute Gasteiger partial charge is 0.261 e. The molecule has 3 rings (SSSR count). The third-order valence-corrected chi connectivity index (χ3v) is 5.25. The van der Waals surface area contributed by atoms with E-state index in [9.17, 15) is 4.79 Å². The van der Waals surface area contributed by atoms with Gasteiger partial charge in [-0.3, -0.25) is 4.79 Å². The number of rotatable bonds is 7. The second kappa shape index (κ2) is 9.07. The average Bonchev–Trinajstić information content (AvgIpc) is 2.68. The van der Waals surface area contributed by atoms with Crippen molar-refractivity contribution >= 4 is 5.91 Å². The van der Waals surface area contributed by atoms with E-state index in [2.05, 4.69) is 37.4 Å². The Morgan fingerprint density at radius 3 is 2.48 bits per heavy atom. The van der Waals surface area contributed by atoms with Crippen molar-refractivity contribution in [3.63, 3.8) is 0 Å². The summed E-state index contributed by atoms with van der Waals surface area (Å²) in [6.45, 7) is 6.20. The number of carbonyl (C=O) groups excluding carboxylic acids is 1. The first-order valence-electron chi connectivity index (χ1n) is 10.2. The second-order valence-corrected chi connectivity index (χ2v) is 7.96. The van der Waals surface area contributed by atoms with Crippen LogP contribution in [0.5, 0.6) is 5.75 Å². The Morgan fingerprint density at radius 2 is 1.74 bits per heavy atom. The lowest BCUT2D eigenvalue weighted by Crippen LogP contribution is -2.39. The molecule has 0 radical (unpaired) electrons. The predicted octanol–water partition coefficient (Wildman–Crippen LogP) is 5.24. The van der Waals surface area contributed by atoms with Crippen LogP contribution in [0.4, 0.5) is 0 Å². The first-order chi connectivity index (χ1) is 13.0. The highest BCUT2D eigenvalue weighted by atomic mass is 16.5. The molecule has 2 atom stereocenters. The fourth-order valence-electron chi connectivity index (χ4n) is 3.82. The van der Waals surface area contributed by atoms with Crippen molar-refractivity contribution in [2.45, 2.75) is 65.0 Å². The Morgan fingerprint density at radius 1 is 1.00 bits per heavy atom. The number of ether oxygens (including phenoxy) is 1. The summed E-state index contributed by atoms with van der Waals surface area (Å²) in [7, 11) is 0. The molecule has 1 aliphatic carbocycles. The molecule has 0 spiro atoms. The SMILES string of the molecule is CC(C)C[C@H](NC(=O)[C@@H](C)Oc1cccc2c1CCCC2)c1ccccc1. The van der Waals surface area contributed by atoms with Crippen molar-refractivity contribution in [2.75, 3.05) is 0 Å². The van der Waals surface area contributed by atoms with Gasteiger partial charge in [-0.05, 0) is 67.7 Å². The van der Waals surface area contributed by atoms with Gasteiger partial charge in [0.2, 0.25) is 0 Å². The highest BCUT2D eigenvalue weighted by Gasteiger charge is 2.23. The molecule has 0 unspecified atom stereocenters. The number of benzene rings is 2. The standard InChI is InChI=1S/C24H31NO2/c1-17(2)16-22(20-11-5-4-6-12-20)25-24(26)18(3)27-23-15-9-13-19-10-7-8-14-21(19)23/h4-6,9,11-13,15,17-18,22H,7-8,10,14,16H2,1-3H3,(H,25,26)/t18-,22+/m1/s1. The monoisotopic (exact) mass is 365 g/mol. The van der Waals surface area contributed by atoms with Crippen LogP contribution >= 0.6 is 0 Å². The normalized spacial score (nSPS) is 15.7. The maximum atomic E-state index is 12.8. The van der Waals surface area contributed by atoms with Gasteiger partial charge >= 0.3 is 0 Å². The lowest BCUT2D eigenvalue weighted by atomic mass is 9.91. The topological polar surface area (TPSA) is 38.3 Å². The first-order valence-corrected chi connectivity index (χ1v) is 10.2. The van der Waals surface area contributed by atoms with E-state index >= 15 is 0 Å². The van der Waals surface area contributed by atoms with E-state index in [0.29, 0.717) is 5.92 Å². The Hall–Kier alpha value is -2.29. The van der Waals surface area contributed by atoms with Crippen molar-refractivity contribution in [1.82, 2.24) is 5.32 Å². The predicted molar refractivity (Wildman–Crippen MR) is 110 cm³/mol. The minimum atomic E-state index is -0.517. The largest absolute Gasteiger partial charge is 0.481 e. The molecule has 0 aliphatic heterocycles. The van der Waals surface area contributed by atoms with Gasteiger partial charge in [0.1, 0.15) is 5.75 Å². The minimum Gasteiger partial charge on any atom is -0.481 e. The third kappa shape index (κ3) is 5.12. The summed E-state index contributed by atoms with van der Waals surface area (Å²) in [5.41, 5.74) is 3.79. The van der Waals surface area contributed by atoms with Crippen LogP contribution in [-0.2, 0) is 17.6 Å². The van der Waals surface area contributed by atoms with E-state index in [1.165, 1.54) is 24.0 Å². The van der Waals surface area contributed by atoms with Crippen LogP contribution in [-0.4, -0.2) is 12.0 Å². The number of carbonyl (C=O) groups is 1. The third-order valence-electron chi connectivity index (χ3n) is 5.25. The zero-order valence-corrected chi connectivity index (χ0v) is 16.7. The highest BCUT2D eigenvalue weighted by Crippen LogP contribution is 2.30. The fourth-order valence-corrected chi connectivity index (χ4v) is 3.82. The summed E-state index contributed by atoms with van der Waals surface area (Å²) in [4.78, 5) is 12.8. The summed E-state index contributed by atoms with van der Waals surface area (Å²) in [6, 6.07) is 16.4. The zero-order chi connectivity index (χ0) is 19.2. The van der Waals surface area contributed by atoms with Crippen LogP contribution in [0, 0.1) is 5.92 Å². The molecule has 0 saturated carbocycles. The number of nitrogens with one attached hydrogen (secondary N) is 1. The van der Waals surface area contributed by atoms with Crippen LogP contribution < -0.4 is 10.1 Å². The molecular formula is C24H31NO2. The molecule has 0 fully saturated rings. The molecule has 144 valence electrons. The van der Waals surface area contributed by atoms with Crippen molar-refractivity contribution in [3.05, 3.63) is 65.2 Å². The highest BCUT2D eigenvalue weighted by molar-refractivity contribution is 5.81. The fraction of sp³-hybridized carbons (Fsp3) is 0.458. The van der Waals surface area contributed by atoms with Crippen molar-refractivity contribution in [2.24, 2.45) is 5.92 Å². The van der Waals surface area contributed by atoms with Crippen LogP contribution in [0.25, 0.3) is 0 Å².